The number of alkyl halides is 2. The number of benzene rings is 1. The summed E-state index contributed by atoms with van der Waals surface area (Å²) < 4.78 is 29.0. The number of para-hydroxylation sites is 1. The maximum Gasteiger partial charge on any atom is 0.272 e. The molecule has 1 rings (SSSR count). The zero-order chi connectivity index (χ0) is 12.1. The molecule has 0 aromatic heterocycles. The minimum absolute atomic E-state index is 0.173. The van der Waals surface area contributed by atoms with E-state index in [0.717, 1.165) is 0 Å². The highest BCUT2D eigenvalue weighted by atomic mass is 19.3. The van der Waals surface area contributed by atoms with E-state index in [4.69, 9.17) is 15.7 Å². The van der Waals surface area contributed by atoms with Crippen molar-refractivity contribution in [3.05, 3.63) is 29.3 Å². The normalized spacial score (nSPS) is 11.9. The Morgan fingerprint density at radius 3 is 2.81 bits per heavy atom. The molecule has 88 valence electrons. The average molecular weight is 230 g/mol. The van der Waals surface area contributed by atoms with Crippen LogP contribution in [0.1, 0.15) is 11.1 Å². The first-order valence-corrected chi connectivity index (χ1v) is 4.54. The first kappa shape index (κ1) is 12.2. The zero-order valence-electron chi connectivity index (χ0n) is 8.65. The molecule has 0 radical (unpaired) electrons. The molecule has 1 aromatic carbocycles. The summed E-state index contributed by atoms with van der Waals surface area (Å²) in [6, 6.07) is 4.88. The number of ether oxygens (including phenoxy) is 1. The molecule has 0 bridgehead atoms. The Bertz CT molecular complexity index is 394. The molecule has 0 fully saturated rings. The second-order valence-electron chi connectivity index (χ2n) is 3.14. The molecular weight excluding hydrogens is 218 g/mol. The fourth-order valence-corrected chi connectivity index (χ4v) is 1.25. The van der Waals surface area contributed by atoms with Gasteiger partial charge in [0.25, 0.3) is 6.43 Å². The van der Waals surface area contributed by atoms with Crippen molar-refractivity contribution in [2.75, 3.05) is 6.61 Å². The van der Waals surface area contributed by atoms with Gasteiger partial charge in [-0.1, -0.05) is 17.3 Å². The Hall–Kier alpha value is -1.85. The molecule has 0 aliphatic carbocycles. The number of halogens is 2. The fourth-order valence-electron chi connectivity index (χ4n) is 1.25. The van der Waals surface area contributed by atoms with Crippen LogP contribution in [0.2, 0.25) is 0 Å². The van der Waals surface area contributed by atoms with Crippen molar-refractivity contribution in [2.45, 2.75) is 13.3 Å². The van der Waals surface area contributed by atoms with Crippen LogP contribution in [0.3, 0.4) is 0 Å². The molecule has 16 heavy (non-hydrogen) atoms. The quantitative estimate of drug-likeness (QED) is 0.358. The number of hydrogen-bond donors (Lipinski definition) is 2. The van der Waals surface area contributed by atoms with E-state index in [1.807, 2.05) is 0 Å². The van der Waals surface area contributed by atoms with Crippen molar-refractivity contribution in [3.63, 3.8) is 0 Å². The molecule has 0 saturated heterocycles. The molecule has 0 aliphatic heterocycles. The van der Waals surface area contributed by atoms with Gasteiger partial charge in [-0.25, -0.2) is 8.78 Å². The first-order chi connectivity index (χ1) is 7.56. The fraction of sp³-hybridized carbons (Fsp3) is 0.300. The van der Waals surface area contributed by atoms with E-state index in [0.29, 0.717) is 11.1 Å². The smallest absolute Gasteiger partial charge is 0.272 e. The van der Waals surface area contributed by atoms with E-state index in [1.165, 1.54) is 6.07 Å². The molecule has 0 aliphatic rings. The van der Waals surface area contributed by atoms with Crippen LogP contribution in [-0.2, 0) is 0 Å². The summed E-state index contributed by atoms with van der Waals surface area (Å²) in [5, 5.41) is 11.4. The lowest BCUT2D eigenvalue weighted by Crippen LogP contribution is -2.17. The molecule has 0 atom stereocenters. The van der Waals surface area contributed by atoms with Crippen molar-refractivity contribution in [2.24, 2.45) is 10.9 Å². The molecule has 0 amide bonds. The third-order valence-electron chi connectivity index (χ3n) is 1.95. The minimum atomic E-state index is -2.57. The van der Waals surface area contributed by atoms with Gasteiger partial charge in [-0.3, -0.25) is 0 Å². The van der Waals surface area contributed by atoms with E-state index in [2.05, 4.69) is 5.16 Å². The van der Waals surface area contributed by atoms with E-state index in [9.17, 15) is 8.78 Å². The second kappa shape index (κ2) is 5.29. The number of hydrogen-bond acceptors (Lipinski definition) is 3. The lowest BCUT2D eigenvalue weighted by Gasteiger charge is -2.12. The summed E-state index contributed by atoms with van der Waals surface area (Å²) in [4.78, 5) is 0. The van der Waals surface area contributed by atoms with Gasteiger partial charge in [0, 0.05) is 0 Å². The van der Waals surface area contributed by atoms with Crippen molar-refractivity contribution < 1.29 is 18.7 Å². The molecule has 0 unspecified atom stereocenters. The van der Waals surface area contributed by atoms with Gasteiger partial charge < -0.3 is 15.7 Å². The Balaban J connectivity index is 3.04. The third-order valence-corrected chi connectivity index (χ3v) is 1.95. The van der Waals surface area contributed by atoms with Crippen LogP contribution in [0, 0.1) is 6.92 Å². The summed E-state index contributed by atoms with van der Waals surface area (Å²) in [6.45, 7) is 0.964. The van der Waals surface area contributed by atoms with Crippen LogP contribution in [-0.4, -0.2) is 24.1 Å². The largest absolute Gasteiger partial charge is 0.487 e. The Labute approximate surface area is 91.3 Å². The highest BCUT2D eigenvalue weighted by Crippen LogP contribution is 2.23. The highest BCUT2D eigenvalue weighted by Gasteiger charge is 2.13. The molecule has 0 heterocycles. The van der Waals surface area contributed by atoms with Crippen molar-refractivity contribution >= 4 is 5.84 Å². The molecule has 1 aromatic rings. The number of nitrogens with two attached hydrogens (primary N) is 1. The number of amidine groups is 1. The second-order valence-corrected chi connectivity index (χ2v) is 3.14. The SMILES string of the molecule is Cc1cccc(/C(N)=N/O)c1OCC(F)F. The van der Waals surface area contributed by atoms with E-state index >= 15 is 0 Å². The Morgan fingerprint density at radius 1 is 1.56 bits per heavy atom. The summed E-state index contributed by atoms with van der Waals surface area (Å²) in [5.74, 6) is 0.0334. The lowest BCUT2D eigenvalue weighted by atomic mass is 10.1. The standard InChI is InChI=1S/C10H12F2N2O2/c1-6-3-2-4-7(10(13)14-15)9(6)16-5-8(11)12/h2-4,8,15H,5H2,1H3,(H2,13,14). The van der Waals surface area contributed by atoms with Crippen molar-refractivity contribution in [1.82, 2.24) is 0 Å². The number of nitrogens with zero attached hydrogens (tertiary/aromatic N) is 1. The van der Waals surface area contributed by atoms with E-state index in [-0.39, 0.29) is 11.6 Å². The topological polar surface area (TPSA) is 67.8 Å². The zero-order valence-corrected chi connectivity index (χ0v) is 8.65. The number of rotatable bonds is 4. The number of oxime groups is 1. The van der Waals surface area contributed by atoms with Gasteiger partial charge in [0.05, 0.1) is 5.56 Å². The van der Waals surface area contributed by atoms with Crippen LogP contribution in [0.25, 0.3) is 0 Å². The minimum Gasteiger partial charge on any atom is -0.487 e. The predicted octanol–water partition coefficient (Wildman–Crippen LogP) is 1.73. The Kier molecular flexibility index (Phi) is 4.04. The molecule has 0 saturated carbocycles. The average Bonchev–Trinajstić information content (AvgIpc) is 2.25. The van der Waals surface area contributed by atoms with Gasteiger partial charge >= 0.3 is 0 Å². The third kappa shape index (κ3) is 2.82. The van der Waals surface area contributed by atoms with Gasteiger partial charge in [0.2, 0.25) is 0 Å². The first-order valence-electron chi connectivity index (χ1n) is 4.54. The molecule has 0 spiro atoms. The van der Waals surface area contributed by atoms with Gasteiger partial charge in [-0.15, -0.1) is 0 Å². The number of aryl methyl sites for hydroxylation is 1. The highest BCUT2D eigenvalue weighted by molar-refractivity contribution is 5.99. The maximum atomic E-state index is 12.0. The monoisotopic (exact) mass is 230 g/mol. The van der Waals surface area contributed by atoms with E-state index in [1.54, 1.807) is 19.1 Å². The van der Waals surface area contributed by atoms with Gasteiger partial charge in [0.15, 0.2) is 5.84 Å². The van der Waals surface area contributed by atoms with Crippen LogP contribution in [0.5, 0.6) is 5.75 Å². The summed E-state index contributed by atoms with van der Waals surface area (Å²) in [5.41, 5.74) is 6.34. The van der Waals surface area contributed by atoms with Crippen LogP contribution in [0.15, 0.2) is 23.4 Å². The lowest BCUT2D eigenvalue weighted by molar-refractivity contribution is 0.0815. The van der Waals surface area contributed by atoms with Crippen LogP contribution < -0.4 is 10.5 Å². The van der Waals surface area contributed by atoms with Gasteiger partial charge in [-0.2, -0.15) is 0 Å². The molecular formula is C10H12F2N2O2. The van der Waals surface area contributed by atoms with Crippen molar-refractivity contribution in [1.29, 1.82) is 0 Å². The maximum absolute atomic E-state index is 12.0. The molecule has 3 N–H and O–H groups in total. The van der Waals surface area contributed by atoms with Crippen molar-refractivity contribution in [3.8, 4) is 5.75 Å². The summed E-state index contributed by atoms with van der Waals surface area (Å²) >= 11 is 0. The van der Waals surface area contributed by atoms with Gasteiger partial charge in [-0.05, 0) is 18.6 Å². The van der Waals surface area contributed by atoms with Crippen LogP contribution in [0.4, 0.5) is 8.78 Å². The van der Waals surface area contributed by atoms with E-state index < -0.39 is 13.0 Å². The summed E-state index contributed by atoms with van der Waals surface area (Å²) in [6.07, 6.45) is -2.57. The molecule has 4 nitrogen and oxygen atoms in total. The van der Waals surface area contributed by atoms with Crippen LogP contribution >= 0.6 is 0 Å². The molecule has 6 heteroatoms. The predicted molar refractivity (Wildman–Crippen MR) is 55.2 cm³/mol. The van der Waals surface area contributed by atoms with Gasteiger partial charge in [0.1, 0.15) is 12.4 Å². The Morgan fingerprint density at radius 2 is 2.25 bits per heavy atom. The summed E-state index contributed by atoms with van der Waals surface area (Å²) in [7, 11) is 0.